The van der Waals surface area contributed by atoms with Gasteiger partial charge in [0.1, 0.15) is 0 Å². The molecule has 0 rings (SSSR count). The minimum atomic E-state index is -5.65. The summed E-state index contributed by atoms with van der Waals surface area (Å²) >= 11 is 0. The Labute approximate surface area is 69.2 Å². The van der Waals surface area contributed by atoms with Crippen molar-refractivity contribution >= 4 is 11.0 Å². The van der Waals surface area contributed by atoms with Gasteiger partial charge in [-0.2, -0.15) is 17.4 Å². The van der Waals surface area contributed by atoms with Gasteiger partial charge < -0.3 is 5.21 Å². The summed E-state index contributed by atoms with van der Waals surface area (Å²) in [6.45, 7) is 0. The minimum Gasteiger partial charge on any atom is -0.504 e. The molecule has 1 atom stereocenters. The highest BCUT2D eigenvalue weighted by Crippen LogP contribution is 2.28. The molecular formula is C2HF6NO3S. The molecule has 0 spiro atoms. The van der Waals surface area contributed by atoms with E-state index in [0.29, 0.717) is 0 Å². The van der Waals surface area contributed by atoms with Crippen molar-refractivity contribution in [2.75, 3.05) is 0 Å². The Morgan fingerprint density at radius 2 is 1.54 bits per heavy atom. The van der Waals surface area contributed by atoms with E-state index in [1.54, 1.807) is 0 Å². The van der Waals surface area contributed by atoms with Crippen LogP contribution < -0.4 is 0 Å². The lowest BCUT2D eigenvalue weighted by Crippen LogP contribution is -2.30. The first-order chi connectivity index (χ1) is 5.54. The number of halogens is 6. The standard InChI is InChI=1S/C2HF6NO3S/c3-1(4,5)12-13(9(10)11)2(6,7)8/h(H,10,11). The van der Waals surface area contributed by atoms with Crippen LogP contribution >= 0.6 is 0 Å². The third-order valence-corrected chi connectivity index (χ3v) is 1.54. The molecule has 0 radical (unpaired) electrons. The van der Waals surface area contributed by atoms with E-state index in [2.05, 4.69) is 4.18 Å². The molecule has 0 aliphatic carbocycles. The summed E-state index contributed by atoms with van der Waals surface area (Å²) in [5.41, 5.74) is -5.61. The molecule has 0 amide bonds. The number of hydrogen-bond donors (Lipinski definition) is 1. The Morgan fingerprint density at radius 1 is 1.15 bits per heavy atom. The molecule has 4 nitrogen and oxygen atoms in total. The first-order valence-electron chi connectivity index (χ1n) is 2.27. The first kappa shape index (κ1) is 12.6. The largest absolute Gasteiger partial charge is 0.537 e. The molecule has 0 aromatic rings. The van der Waals surface area contributed by atoms with Crippen LogP contribution in [0.4, 0.5) is 26.3 Å². The number of hydrogen-bond acceptors (Lipinski definition) is 2. The summed E-state index contributed by atoms with van der Waals surface area (Å²) in [6, 6.07) is 0. The predicted octanol–water partition coefficient (Wildman–Crippen LogP) is 1.66. The number of nitrogens with zero attached hydrogens (tertiary/aromatic N) is 1. The maximum atomic E-state index is 11.5. The average Bonchev–Trinajstić information content (AvgIpc) is 1.77. The number of alkyl halides is 6. The van der Waals surface area contributed by atoms with Crippen LogP contribution in [0.2, 0.25) is 0 Å². The summed E-state index contributed by atoms with van der Waals surface area (Å²) in [5.74, 6) is 0. The van der Waals surface area contributed by atoms with Crippen LogP contribution in [-0.4, -0.2) is 21.4 Å². The molecule has 0 heterocycles. The number of rotatable bonds is 1. The Kier molecular flexibility index (Phi) is 3.66. The molecule has 0 fully saturated rings. The van der Waals surface area contributed by atoms with E-state index in [4.69, 9.17) is 5.21 Å². The summed E-state index contributed by atoms with van der Waals surface area (Å²) in [5, 5.41) is 17.3. The molecule has 0 saturated heterocycles. The van der Waals surface area contributed by atoms with Gasteiger partial charge in [-0.25, -0.2) is 0 Å². The lowest BCUT2D eigenvalue weighted by atomic mass is 11.4. The third kappa shape index (κ3) is 5.02. The highest BCUT2D eigenvalue weighted by molar-refractivity contribution is 7.81. The quantitative estimate of drug-likeness (QED) is 0.553. The van der Waals surface area contributed by atoms with Gasteiger partial charge in [0.05, 0.1) is 0 Å². The van der Waals surface area contributed by atoms with E-state index < -0.39 is 27.1 Å². The SMILES string of the molecule is [O-][N+](O)=S(OC(F)(F)F)C(F)(F)F. The molecule has 80 valence electrons. The fourth-order valence-electron chi connectivity index (χ4n) is 0.257. The summed E-state index contributed by atoms with van der Waals surface area (Å²) < 4.78 is 68.5. The van der Waals surface area contributed by atoms with Crippen molar-refractivity contribution in [3.63, 3.8) is 0 Å². The zero-order valence-electron chi connectivity index (χ0n) is 5.39. The Morgan fingerprint density at radius 3 is 1.62 bits per heavy atom. The highest BCUT2D eigenvalue weighted by Gasteiger charge is 2.50. The molecule has 1 unspecified atom stereocenters. The normalized spacial score (nSPS) is 17.1. The van der Waals surface area contributed by atoms with Gasteiger partial charge in [-0.05, 0) is 4.27 Å². The lowest BCUT2D eigenvalue weighted by Gasteiger charge is -2.10. The van der Waals surface area contributed by atoms with Crippen molar-refractivity contribution in [2.45, 2.75) is 11.9 Å². The van der Waals surface area contributed by atoms with Crippen LogP contribution in [-0.2, 0) is 15.2 Å². The Balaban J connectivity index is 4.80. The topological polar surface area (TPSA) is 55.5 Å². The van der Waals surface area contributed by atoms with E-state index in [-0.39, 0.29) is 0 Å². The lowest BCUT2D eigenvalue weighted by molar-refractivity contribution is -0.711. The smallest absolute Gasteiger partial charge is 0.504 e. The highest BCUT2D eigenvalue weighted by atomic mass is 32.2. The van der Waals surface area contributed by atoms with E-state index in [0.717, 1.165) is 0 Å². The molecule has 0 aliphatic rings. The fraction of sp³-hybridized carbons (Fsp3) is 1.00. The van der Waals surface area contributed by atoms with Gasteiger partial charge in [0, 0.05) is 0 Å². The first-order valence-corrected chi connectivity index (χ1v) is 3.38. The van der Waals surface area contributed by atoms with E-state index in [9.17, 15) is 31.5 Å². The second-order valence-electron chi connectivity index (χ2n) is 1.46. The van der Waals surface area contributed by atoms with Crippen LogP contribution in [0.3, 0.4) is 0 Å². The zero-order chi connectivity index (χ0) is 10.9. The van der Waals surface area contributed by atoms with Gasteiger partial charge >= 0.3 is 22.8 Å². The molecule has 0 saturated carbocycles. The van der Waals surface area contributed by atoms with Gasteiger partial charge in [0.2, 0.25) is 0 Å². The van der Waals surface area contributed by atoms with Crippen LogP contribution in [0.15, 0.2) is 0 Å². The molecule has 0 aliphatic heterocycles. The van der Waals surface area contributed by atoms with Gasteiger partial charge in [-0.1, -0.05) is 0 Å². The van der Waals surface area contributed by atoms with Crippen LogP contribution in [0, 0.1) is 5.21 Å². The zero-order valence-corrected chi connectivity index (χ0v) is 6.20. The second kappa shape index (κ2) is 3.77. The Hall–Kier alpha value is -0.390. The maximum absolute atomic E-state index is 11.5. The van der Waals surface area contributed by atoms with E-state index >= 15 is 0 Å². The molecule has 0 aromatic heterocycles. The minimum absolute atomic E-state index is 1.94. The average molecular weight is 233 g/mol. The van der Waals surface area contributed by atoms with Crippen molar-refractivity contribution in [3.05, 3.63) is 5.21 Å². The van der Waals surface area contributed by atoms with E-state index in [1.807, 2.05) is 0 Å². The third-order valence-electron chi connectivity index (χ3n) is 0.513. The summed E-state index contributed by atoms with van der Waals surface area (Å²) in [4.78, 5) is 0. The predicted molar refractivity (Wildman–Crippen MR) is 26.0 cm³/mol. The second-order valence-corrected chi connectivity index (χ2v) is 2.90. The Bertz CT molecular complexity index is 215. The van der Waals surface area contributed by atoms with Crippen molar-refractivity contribution in [3.8, 4) is 0 Å². The van der Waals surface area contributed by atoms with Gasteiger partial charge in [-0.15, -0.1) is 18.4 Å². The van der Waals surface area contributed by atoms with Crippen LogP contribution in [0.1, 0.15) is 0 Å². The summed E-state index contributed by atoms with van der Waals surface area (Å²) in [7, 11) is -4.25. The van der Waals surface area contributed by atoms with Crippen molar-refractivity contribution in [1.29, 1.82) is 0 Å². The monoisotopic (exact) mass is 233 g/mol. The van der Waals surface area contributed by atoms with Crippen molar-refractivity contribution < 1.29 is 40.0 Å². The molecule has 0 aromatic carbocycles. The van der Waals surface area contributed by atoms with Gasteiger partial charge in [0.15, 0.2) is 0 Å². The molecule has 13 heavy (non-hydrogen) atoms. The van der Waals surface area contributed by atoms with Crippen LogP contribution in [0.5, 0.6) is 0 Å². The van der Waals surface area contributed by atoms with Crippen molar-refractivity contribution in [2.24, 2.45) is 0 Å². The van der Waals surface area contributed by atoms with Gasteiger partial charge in [0.25, 0.3) is 0 Å². The van der Waals surface area contributed by atoms with Gasteiger partial charge in [-0.3, -0.25) is 0 Å². The summed E-state index contributed by atoms with van der Waals surface area (Å²) in [6.07, 6.45) is -5.65. The fourth-order valence-corrected chi connectivity index (χ4v) is 0.772. The van der Waals surface area contributed by atoms with Crippen LogP contribution in [0.25, 0.3) is 0 Å². The molecular weight excluding hydrogens is 232 g/mol. The molecule has 1 N–H and O–H groups in total. The molecule has 0 bridgehead atoms. The van der Waals surface area contributed by atoms with E-state index in [1.165, 1.54) is 0 Å². The molecule has 11 heteroatoms. The maximum Gasteiger partial charge on any atom is 0.537 e. The van der Waals surface area contributed by atoms with Crippen molar-refractivity contribution in [1.82, 2.24) is 0 Å².